The molecule has 0 atom stereocenters. The van der Waals surface area contributed by atoms with Gasteiger partial charge in [0.2, 0.25) is 0 Å². The molecule has 0 aliphatic heterocycles. The van der Waals surface area contributed by atoms with Gasteiger partial charge < -0.3 is 15.2 Å². The molecule has 3 rings (SSSR count). The molecular weight excluding hydrogens is 334 g/mol. The largest absolute Gasteiger partial charge is 0.343 e. The molecule has 2 N–H and O–H groups in total. The molecule has 1 aromatic carbocycles. The van der Waals surface area contributed by atoms with E-state index in [2.05, 4.69) is 38.2 Å². The molecule has 7 heteroatoms. The molecule has 0 fully saturated rings. The fourth-order valence-electron chi connectivity index (χ4n) is 2.57. The maximum atomic E-state index is 12.6. The molecule has 3 aromatic rings. The van der Waals surface area contributed by atoms with Gasteiger partial charge in [-0.25, -0.2) is 9.97 Å². The summed E-state index contributed by atoms with van der Waals surface area (Å²) in [6, 6.07) is 5.99. The molecule has 0 aliphatic carbocycles. The van der Waals surface area contributed by atoms with Crippen LogP contribution in [0.4, 0.5) is 5.69 Å². The second-order valence-electron chi connectivity index (χ2n) is 6.20. The maximum absolute atomic E-state index is 12.6. The van der Waals surface area contributed by atoms with Gasteiger partial charge in [0.25, 0.3) is 5.91 Å². The summed E-state index contributed by atoms with van der Waals surface area (Å²) in [7, 11) is 4.08. The van der Waals surface area contributed by atoms with E-state index in [0.717, 1.165) is 17.8 Å². The van der Waals surface area contributed by atoms with Gasteiger partial charge in [0.1, 0.15) is 4.88 Å². The number of imidazole rings is 1. The lowest BCUT2D eigenvalue weighted by atomic mass is 10.1. The average Bonchev–Trinajstić information content (AvgIpc) is 3.18. The zero-order chi connectivity index (χ0) is 18.0. The van der Waals surface area contributed by atoms with Crippen molar-refractivity contribution in [1.29, 1.82) is 0 Å². The van der Waals surface area contributed by atoms with Crippen LogP contribution in [-0.2, 0) is 6.54 Å². The number of carbonyl (C=O) groups is 1. The number of hydrogen-bond acceptors (Lipinski definition) is 5. The molecular formula is C18H21N5OS. The topological polar surface area (TPSA) is 73.9 Å². The highest BCUT2D eigenvalue weighted by molar-refractivity contribution is 7.17. The van der Waals surface area contributed by atoms with Crippen molar-refractivity contribution in [2.24, 2.45) is 0 Å². The number of thiazole rings is 1. The van der Waals surface area contributed by atoms with Crippen molar-refractivity contribution in [2.75, 3.05) is 19.4 Å². The minimum Gasteiger partial charge on any atom is -0.343 e. The van der Waals surface area contributed by atoms with Gasteiger partial charge in [-0.1, -0.05) is 6.07 Å². The van der Waals surface area contributed by atoms with Crippen LogP contribution in [0.25, 0.3) is 10.8 Å². The number of nitrogens with zero attached hydrogens (tertiary/aromatic N) is 3. The Bertz CT molecular complexity index is 883. The van der Waals surface area contributed by atoms with Crippen LogP contribution in [-0.4, -0.2) is 39.9 Å². The van der Waals surface area contributed by atoms with E-state index in [1.165, 1.54) is 16.9 Å². The predicted octanol–water partition coefficient (Wildman–Crippen LogP) is 3.46. The number of amides is 1. The summed E-state index contributed by atoms with van der Waals surface area (Å²) in [5.41, 5.74) is 3.90. The zero-order valence-electron chi connectivity index (χ0n) is 14.8. The molecule has 25 heavy (non-hydrogen) atoms. The van der Waals surface area contributed by atoms with Crippen molar-refractivity contribution in [3.8, 4) is 10.8 Å². The highest BCUT2D eigenvalue weighted by Crippen LogP contribution is 2.26. The molecule has 0 saturated carbocycles. The molecule has 0 spiro atoms. The molecule has 0 bridgehead atoms. The van der Waals surface area contributed by atoms with Crippen molar-refractivity contribution >= 4 is 22.9 Å². The Labute approximate surface area is 150 Å². The average molecular weight is 355 g/mol. The normalized spacial score (nSPS) is 11.1. The Kier molecular flexibility index (Phi) is 4.96. The third-order valence-electron chi connectivity index (χ3n) is 3.79. The highest BCUT2D eigenvalue weighted by Gasteiger charge is 2.17. The molecule has 0 aliphatic rings. The van der Waals surface area contributed by atoms with Gasteiger partial charge in [-0.2, -0.15) is 0 Å². The smallest absolute Gasteiger partial charge is 0.267 e. The van der Waals surface area contributed by atoms with Crippen LogP contribution in [0, 0.1) is 13.8 Å². The van der Waals surface area contributed by atoms with E-state index in [9.17, 15) is 4.79 Å². The first kappa shape index (κ1) is 17.3. The maximum Gasteiger partial charge on any atom is 0.267 e. The first-order valence-electron chi connectivity index (χ1n) is 7.97. The number of benzene rings is 1. The summed E-state index contributed by atoms with van der Waals surface area (Å²) in [6.45, 7) is 4.77. The Hall–Kier alpha value is -2.51. The third-order valence-corrected chi connectivity index (χ3v) is 4.95. The Morgan fingerprint density at radius 1 is 1.32 bits per heavy atom. The van der Waals surface area contributed by atoms with E-state index in [0.29, 0.717) is 21.4 Å². The molecule has 0 unspecified atom stereocenters. The fraction of sp³-hybridized carbons (Fsp3) is 0.278. The number of rotatable bonds is 5. The van der Waals surface area contributed by atoms with E-state index >= 15 is 0 Å². The first-order valence-corrected chi connectivity index (χ1v) is 8.78. The number of nitrogens with one attached hydrogen (secondary N) is 2. The van der Waals surface area contributed by atoms with E-state index in [1.54, 1.807) is 12.4 Å². The van der Waals surface area contributed by atoms with Gasteiger partial charge in [0.05, 0.1) is 5.69 Å². The summed E-state index contributed by atoms with van der Waals surface area (Å²) in [6.07, 6.45) is 3.41. The Morgan fingerprint density at radius 3 is 2.76 bits per heavy atom. The predicted molar refractivity (Wildman–Crippen MR) is 101 cm³/mol. The van der Waals surface area contributed by atoms with E-state index in [-0.39, 0.29) is 5.91 Å². The number of aromatic amines is 1. The van der Waals surface area contributed by atoms with E-state index in [4.69, 9.17) is 0 Å². The third kappa shape index (κ3) is 3.94. The van der Waals surface area contributed by atoms with Crippen molar-refractivity contribution in [3.05, 3.63) is 52.3 Å². The van der Waals surface area contributed by atoms with E-state index < -0.39 is 0 Å². The lowest BCUT2D eigenvalue weighted by Crippen LogP contribution is -2.13. The number of hydrogen-bond donors (Lipinski definition) is 2. The van der Waals surface area contributed by atoms with Gasteiger partial charge in [-0.3, -0.25) is 4.79 Å². The SMILES string of the molecule is Cc1cc(NC(=O)c2sc(-c3ncc[nH]3)nc2C)ccc1CN(C)C. The summed E-state index contributed by atoms with van der Waals surface area (Å²) in [5, 5.41) is 3.68. The van der Waals surface area contributed by atoms with E-state index in [1.807, 2.05) is 33.2 Å². The molecule has 2 heterocycles. The number of carbonyl (C=O) groups excluding carboxylic acids is 1. The standard InChI is InChI=1S/C18H21N5OS/c1-11-9-14(6-5-13(11)10-23(3)4)22-17(24)15-12(2)21-18(25-15)16-19-7-8-20-16/h5-9H,10H2,1-4H3,(H,19,20)(H,22,24). The van der Waals surface area contributed by atoms with Crippen LogP contribution in [0.3, 0.4) is 0 Å². The highest BCUT2D eigenvalue weighted by atomic mass is 32.1. The molecule has 2 aromatic heterocycles. The molecule has 130 valence electrons. The number of H-pyrrole nitrogens is 1. The lowest BCUT2D eigenvalue weighted by Gasteiger charge is -2.13. The van der Waals surface area contributed by atoms with Crippen molar-refractivity contribution in [2.45, 2.75) is 20.4 Å². The Balaban J connectivity index is 1.77. The van der Waals surface area contributed by atoms with Crippen LogP contribution in [0.5, 0.6) is 0 Å². The van der Waals surface area contributed by atoms with Crippen LogP contribution in [0.2, 0.25) is 0 Å². The van der Waals surface area contributed by atoms with Crippen LogP contribution in [0.15, 0.2) is 30.6 Å². The molecule has 0 saturated heterocycles. The number of aryl methyl sites for hydroxylation is 2. The van der Waals surface area contributed by atoms with Gasteiger partial charge in [-0.05, 0) is 51.2 Å². The van der Waals surface area contributed by atoms with Crippen LogP contribution >= 0.6 is 11.3 Å². The zero-order valence-corrected chi connectivity index (χ0v) is 15.6. The summed E-state index contributed by atoms with van der Waals surface area (Å²) in [4.78, 5) is 27.0. The monoisotopic (exact) mass is 355 g/mol. The van der Waals surface area contributed by atoms with Crippen molar-refractivity contribution in [1.82, 2.24) is 19.9 Å². The fourth-order valence-corrected chi connectivity index (χ4v) is 3.49. The summed E-state index contributed by atoms with van der Waals surface area (Å²) < 4.78 is 0. The molecule has 1 amide bonds. The first-order chi connectivity index (χ1) is 11.9. The van der Waals surface area contributed by atoms with Gasteiger partial charge in [-0.15, -0.1) is 11.3 Å². The van der Waals surface area contributed by atoms with Gasteiger partial charge in [0.15, 0.2) is 10.8 Å². The van der Waals surface area contributed by atoms with Crippen LogP contribution in [0.1, 0.15) is 26.5 Å². The Morgan fingerprint density at radius 2 is 2.12 bits per heavy atom. The van der Waals surface area contributed by atoms with Gasteiger partial charge in [0, 0.05) is 24.6 Å². The number of aromatic nitrogens is 3. The van der Waals surface area contributed by atoms with Crippen molar-refractivity contribution in [3.63, 3.8) is 0 Å². The number of anilines is 1. The summed E-state index contributed by atoms with van der Waals surface area (Å²) in [5.74, 6) is 0.531. The summed E-state index contributed by atoms with van der Waals surface area (Å²) >= 11 is 1.34. The molecule has 0 radical (unpaired) electrons. The van der Waals surface area contributed by atoms with Crippen LogP contribution < -0.4 is 5.32 Å². The second kappa shape index (κ2) is 7.16. The minimum absolute atomic E-state index is 0.146. The van der Waals surface area contributed by atoms with Crippen molar-refractivity contribution < 1.29 is 4.79 Å². The van der Waals surface area contributed by atoms with Gasteiger partial charge >= 0.3 is 0 Å². The second-order valence-corrected chi connectivity index (χ2v) is 7.20. The molecule has 6 nitrogen and oxygen atoms in total. The minimum atomic E-state index is -0.146. The lowest BCUT2D eigenvalue weighted by molar-refractivity contribution is 0.103. The quantitative estimate of drug-likeness (QED) is 0.735.